The zero-order valence-electron chi connectivity index (χ0n) is 15.1. The summed E-state index contributed by atoms with van der Waals surface area (Å²) in [6, 6.07) is 13.4. The van der Waals surface area contributed by atoms with Crippen molar-refractivity contribution in [3.8, 4) is 0 Å². The van der Waals surface area contributed by atoms with Crippen LogP contribution in [0.5, 0.6) is 0 Å². The minimum absolute atomic E-state index is 0.0600. The largest absolute Gasteiger partial charge is 0.378 e. The molecule has 1 aliphatic heterocycles. The first kappa shape index (κ1) is 18.9. The van der Waals surface area contributed by atoms with Gasteiger partial charge in [0.15, 0.2) is 0 Å². The summed E-state index contributed by atoms with van der Waals surface area (Å²) in [6.07, 6.45) is 0.588. The highest BCUT2D eigenvalue weighted by atomic mass is 35.5. The van der Waals surface area contributed by atoms with Crippen molar-refractivity contribution in [1.29, 1.82) is 0 Å². The van der Waals surface area contributed by atoms with E-state index in [0.29, 0.717) is 23.0 Å². The molecule has 26 heavy (non-hydrogen) atoms. The van der Waals surface area contributed by atoms with Crippen molar-refractivity contribution < 1.29 is 4.79 Å². The Balaban J connectivity index is 1.86. The van der Waals surface area contributed by atoms with E-state index in [-0.39, 0.29) is 11.4 Å². The molecule has 0 aliphatic carbocycles. The average molecular weight is 392 g/mol. The molecule has 0 radical (unpaired) electrons. The second kappa shape index (κ2) is 7.01. The third kappa shape index (κ3) is 4.08. The van der Waals surface area contributed by atoms with E-state index in [9.17, 15) is 4.79 Å². The molecule has 0 bridgehead atoms. The van der Waals surface area contributed by atoms with Gasteiger partial charge in [-0.2, -0.15) is 0 Å². The molecule has 2 aromatic rings. The quantitative estimate of drug-likeness (QED) is 0.683. The van der Waals surface area contributed by atoms with Crippen molar-refractivity contribution in [2.24, 2.45) is 0 Å². The van der Waals surface area contributed by atoms with Gasteiger partial charge in [0, 0.05) is 18.5 Å². The van der Waals surface area contributed by atoms with Crippen LogP contribution in [0.2, 0.25) is 10.0 Å². The number of amides is 1. The number of fused-ring (bicyclic) bond motifs is 1. The lowest BCUT2D eigenvalue weighted by Gasteiger charge is -2.34. The van der Waals surface area contributed by atoms with Crippen molar-refractivity contribution >= 4 is 40.5 Å². The SMILES string of the molecule is CC1(C)CC(C)(C(=O)NCc2ccccc2)Nc2cc(Cl)c(Cl)cc2N1. The normalized spacial score (nSPS) is 21.0. The Kier molecular flexibility index (Phi) is 5.09. The van der Waals surface area contributed by atoms with Gasteiger partial charge in [-0.3, -0.25) is 4.79 Å². The number of hydrogen-bond acceptors (Lipinski definition) is 3. The molecular weight excluding hydrogens is 369 g/mol. The van der Waals surface area contributed by atoms with Gasteiger partial charge in [0.1, 0.15) is 5.54 Å². The van der Waals surface area contributed by atoms with Crippen LogP contribution >= 0.6 is 23.2 Å². The predicted octanol–water partition coefficient (Wildman–Crippen LogP) is 5.07. The van der Waals surface area contributed by atoms with Gasteiger partial charge >= 0.3 is 0 Å². The Morgan fingerprint density at radius 2 is 1.62 bits per heavy atom. The van der Waals surface area contributed by atoms with E-state index in [1.165, 1.54) is 0 Å². The second-order valence-electron chi connectivity index (χ2n) is 7.62. The van der Waals surface area contributed by atoms with Crippen molar-refractivity contribution in [3.05, 3.63) is 58.1 Å². The van der Waals surface area contributed by atoms with E-state index in [2.05, 4.69) is 29.8 Å². The van der Waals surface area contributed by atoms with Crippen LogP contribution in [0.15, 0.2) is 42.5 Å². The van der Waals surface area contributed by atoms with Gasteiger partial charge in [-0.15, -0.1) is 0 Å². The van der Waals surface area contributed by atoms with Crippen LogP contribution in [-0.2, 0) is 11.3 Å². The second-order valence-corrected chi connectivity index (χ2v) is 8.44. The number of anilines is 2. The van der Waals surface area contributed by atoms with E-state index >= 15 is 0 Å². The highest BCUT2D eigenvalue weighted by Gasteiger charge is 2.41. The number of benzene rings is 2. The maximum absolute atomic E-state index is 13.0. The summed E-state index contributed by atoms with van der Waals surface area (Å²) in [6.45, 7) is 6.53. The van der Waals surface area contributed by atoms with Crippen molar-refractivity contribution in [2.75, 3.05) is 10.6 Å². The molecular formula is C20H23Cl2N3O. The zero-order chi connectivity index (χ0) is 18.9. The summed E-state index contributed by atoms with van der Waals surface area (Å²) in [5.74, 6) is -0.0600. The van der Waals surface area contributed by atoms with Crippen molar-refractivity contribution in [2.45, 2.75) is 44.8 Å². The van der Waals surface area contributed by atoms with Crippen molar-refractivity contribution in [3.63, 3.8) is 0 Å². The van der Waals surface area contributed by atoms with Gasteiger partial charge in [0.05, 0.1) is 21.4 Å². The summed E-state index contributed by atoms with van der Waals surface area (Å²) in [7, 11) is 0. The molecule has 0 saturated heterocycles. The number of nitrogens with one attached hydrogen (secondary N) is 3. The number of carbonyl (C=O) groups is 1. The summed E-state index contributed by atoms with van der Waals surface area (Å²) in [4.78, 5) is 13.0. The van der Waals surface area contributed by atoms with Gasteiger partial charge in [-0.1, -0.05) is 53.5 Å². The third-order valence-corrected chi connectivity index (χ3v) is 5.26. The summed E-state index contributed by atoms with van der Waals surface area (Å²) in [5.41, 5.74) is 1.55. The van der Waals surface area contributed by atoms with Gasteiger partial charge in [-0.25, -0.2) is 0 Å². The van der Waals surface area contributed by atoms with Crippen LogP contribution in [0.3, 0.4) is 0 Å². The average Bonchev–Trinajstić information content (AvgIpc) is 2.67. The van der Waals surface area contributed by atoms with Crippen LogP contribution in [-0.4, -0.2) is 17.0 Å². The number of rotatable bonds is 3. The van der Waals surface area contributed by atoms with Gasteiger partial charge in [-0.05, 0) is 38.5 Å². The minimum Gasteiger partial charge on any atom is -0.378 e. The Bertz CT molecular complexity index is 823. The molecule has 6 heteroatoms. The fourth-order valence-electron chi connectivity index (χ4n) is 3.50. The maximum Gasteiger partial charge on any atom is 0.245 e. The van der Waals surface area contributed by atoms with E-state index < -0.39 is 5.54 Å². The first-order valence-electron chi connectivity index (χ1n) is 8.56. The number of carbonyl (C=O) groups excluding carboxylic acids is 1. The minimum atomic E-state index is -0.798. The molecule has 1 atom stereocenters. The molecule has 0 spiro atoms. The molecule has 2 aromatic carbocycles. The highest BCUT2D eigenvalue weighted by Crippen LogP contribution is 2.40. The third-order valence-electron chi connectivity index (χ3n) is 4.54. The first-order valence-corrected chi connectivity index (χ1v) is 9.32. The molecule has 3 rings (SSSR count). The first-order chi connectivity index (χ1) is 12.2. The monoisotopic (exact) mass is 391 g/mol. The zero-order valence-corrected chi connectivity index (χ0v) is 16.6. The topological polar surface area (TPSA) is 53.2 Å². The van der Waals surface area contributed by atoms with Gasteiger partial charge < -0.3 is 16.0 Å². The molecule has 0 aromatic heterocycles. The molecule has 1 unspecified atom stereocenters. The Labute approximate surface area is 164 Å². The molecule has 0 fully saturated rings. The van der Waals surface area contributed by atoms with Crippen LogP contribution in [0.4, 0.5) is 11.4 Å². The fourth-order valence-corrected chi connectivity index (χ4v) is 3.83. The molecule has 1 aliphatic rings. The van der Waals surface area contributed by atoms with Crippen LogP contribution in [0, 0.1) is 0 Å². The molecule has 1 heterocycles. The maximum atomic E-state index is 13.0. The Morgan fingerprint density at radius 3 is 2.23 bits per heavy atom. The Morgan fingerprint density at radius 1 is 1.04 bits per heavy atom. The van der Waals surface area contributed by atoms with E-state index in [1.807, 2.05) is 37.3 Å². The lowest BCUT2D eigenvalue weighted by atomic mass is 9.85. The van der Waals surface area contributed by atoms with E-state index in [4.69, 9.17) is 23.2 Å². The fraction of sp³-hybridized carbons (Fsp3) is 0.350. The molecule has 4 nitrogen and oxygen atoms in total. The number of halogens is 2. The molecule has 3 N–H and O–H groups in total. The highest BCUT2D eigenvalue weighted by molar-refractivity contribution is 6.42. The van der Waals surface area contributed by atoms with E-state index in [0.717, 1.165) is 16.9 Å². The smallest absolute Gasteiger partial charge is 0.245 e. The summed E-state index contributed by atoms with van der Waals surface area (Å²) in [5, 5.41) is 10.8. The van der Waals surface area contributed by atoms with Crippen molar-refractivity contribution in [1.82, 2.24) is 5.32 Å². The standard InChI is InChI=1S/C20H23Cl2N3O/c1-19(2)12-20(3,18(26)23-11-13-7-5-4-6-8-13)25-17-10-15(22)14(21)9-16(17)24-19/h4-10,24-25H,11-12H2,1-3H3,(H,23,26). The van der Waals surface area contributed by atoms with Crippen LogP contribution in [0.25, 0.3) is 0 Å². The molecule has 0 saturated carbocycles. The summed E-state index contributed by atoms with van der Waals surface area (Å²) >= 11 is 12.3. The van der Waals surface area contributed by atoms with Crippen LogP contribution < -0.4 is 16.0 Å². The molecule has 138 valence electrons. The van der Waals surface area contributed by atoms with E-state index in [1.54, 1.807) is 12.1 Å². The summed E-state index contributed by atoms with van der Waals surface area (Å²) < 4.78 is 0. The van der Waals surface area contributed by atoms with Gasteiger partial charge in [0.2, 0.25) is 5.91 Å². The Hall–Kier alpha value is -1.91. The van der Waals surface area contributed by atoms with Gasteiger partial charge in [0.25, 0.3) is 0 Å². The predicted molar refractivity (Wildman–Crippen MR) is 109 cm³/mol. The lowest BCUT2D eigenvalue weighted by molar-refractivity contribution is -0.125. The number of hydrogen-bond donors (Lipinski definition) is 3. The lowest BCUT2D eigenvalue weighted by Crippen LogP contribution is -2.53. The van der Waals surface area contributed by atoms with Crippen LogP contribution in [0.1, 0.15) is 32.8 Å². The molecule has 1 amide bonds.